The Hall–Kier alpha value is -0.900. The molecule has 3 nitrogen and oxygen atoms in total. The Kier molecular flexibility index (Phi) is 8.47. The highest BCUT2D eigenvalue weighted by Gasteiger charge is 2.11. The molecule has 0 saturated carbocycles. The lowest BCUT2D eigenvalue weighted by Gasteiger charge is -2.19. The van der Waals surface area contributed by atoms with Crippen molar-refractivity contribution in [2.45, 2.75) is 26.9 Å². The third-order valence-corrected chi connectivity index (χ3v) is 2.80. The van der Waals surface area contributed by atoms with Crippen molar-refractivity contribution < 1.29 is 9.47 Å². The summed E-state index contributed by atoms with van der Waals surface area (Å²) in [5, 5.41) is 3.46. The lowest BCUT2D eigenvalue weighted by Crippen LogP contribution is -2.27. The minimum absolute atomic E-state index is 0.0976. The SMILES string of the molecule is CCOCCOC(CNCC(C)C)c1ccccc1. The summed E-state index contributed by atoms with van der Waals surface area (Å²) in [5.41, 5.74) is 1.22. The zero-order valence-electron chi connectivity index (χ0n) is 12.4. The second kappa shape index (κ2) is 9.96. The molecule has 0 saturated heterocycles. The lowest BCUT2D eigenvalue weighted by molar-refractivity contribution is 0.00668. The molecular weight excluding hydrogens is 238 g/mol. The van der Waals surface area contributed by atoms with Gasteiger partial charge >= 0.3 is 0 Å². The Morgan fingerprint density at radius 3 is 2.42 bits per heavy atom. The summed E-state index contributed by atoms with van der Waals surface area (Å²) in [5.74, 6) is 0.653. The van der Waals surface area contributed by atoms with Crippen molar-refractivity contribution in [1.82, 2.24) is 5.32 Å². The van der Waals surface area contributed by atoms with Crippen LogP contribution in [0.1, 0.15) is 32.4 Å². The van der Waals surface area contributed by atoms with Crippen LogP contribution in [0.15, 0.2) is 30.3 Å². The van der Waals surface area contributed by atoms with Crippen LogP contribution in [-0.2, 0) is 9.47 Å². The quantitative estimate of drug-likeness (QED) is 0.660. The summed E-state index contributed by atoms with van der Waals surface area (Å²) in [7, 11) is 0. The van der Waals surface area contributed by atoms with Gasteiger partial charge < -0.3 is 14.8 Å². The number of hydrogen-bond donors (Lipinski definition) is 1. The molecule has 0 amide bonds. The molecule has 0 radical (unpaired) electrons. The van der Waals surface area contributed by atoms with E-state index in [9.17, 15) is 0 Å². The first-order chi connectivity index (χ1) is 9.24. The lowest BCUT2D eigenvalue weighted by atomic mass is 10.1. The molecule has 0 fully saturated rings. The summed E-state index contributed by atoms with van der Waals surface area (Å²) in [4.78, 5) is 0. The van der Waals surface area contributed by atoms with Crippen LogP contribution >= 0.6 is 0 Å². The molecule has 1 rings (SSSR count). The maximum Gasteiger partial charge on any atom is 0.0950 e. The Morgan fingerprint density at radius 1 is 1.05 bits per heavy atom. The smallest absolute Gasteiger partial charge is 0.0950 e. The van der Waals surface area contributed by atoms with Crippen LogP contribution in [0.3, 0.4) is 0 Å². The van der Waals surface area contributed by atoms with Crippen molar-refractivity contribution in [3.8, 4) is 0 Å². The molecule has 108 valence electrons. The molecule has 0 bridgehead atoms. The molecule has 0 aliphatic heterocycles. The molecule has 0 heterocycles. The van der Waals surface area contributed by atoms with Crippen LogP contribution in [0.4, 0.5) is 0 Å². The number of rotatable bonds is 10. The Balaban J connectivity index is 2.43. The largest absolute Gasteiger partial charge is 0.379 e. The normalized spacial score (nSPS) is 12.8. The van der Waals surface area contributed by atoms with Crippen LogP contribution in [-0.4, -0.2) is 32.9 Å². The molecule has 1 aromatic rings. The van der Waals surface area contributed by atoms with Gasteiger partial charge in [-0.1, -0.05) is 44.2 Å². The number of nitrogens with one attached hydrogen (secondary N) is 1. The van der Waals surface area contributed by atoms with E-state index in [0.717, 1.165) is 19.7 Å². The molecule has 0 aliphatic rings. The maximum atomic E-state index is 5.92. The van der Waals surface area contributed by atoms with E-state index in [2.05, 4.69) is 43.4 Å². The first-order valence-corrected chi connectivity index (χ1v) is 7.19. The van der Waals surface area contributed by atoms with Crippen LogP contribution in [0.2, 0.25) is 0 Å². The highest BCUT2D eigenvalue weighted by molar-refractivity contribution is 5.17. The minimum Gasteiger partial charge on any atom is -0.379 e. The van der Waals surface area contributed by atoms with Gasteiger partial charge in [0, 0.05) is 13.2 Å². The summed E-state index contributed by atoms with van der Waals surface area (Å²) < 4.78 is 11.2. The first-order valence-electron chi connectivity index (χ1n) is 7.19. The predicted molar refractivity (Wildman–Crippen MR) is 79.3 cm³/mol. The van der Waals surface area contributed by atoms with Crippen molar-refractivity contribution in [1.29, 1.82) is 0 Å². The first kappa shape index (κ1) is 16.2. The summed E-state index contributed by atoms with van der Waals surface area (Å²) >= 11 is 0. The second-order valence-electron chi connectivity index (χ2n) is 5.02. The third kappa shape index (κ3) is 7.31. The van der Waals surface area contributed by atoms with Gasteiger partial charge in [0.25, 0.3) is 0 Å². The van der Waals surface area contributed by atoms with Gasteiger partial charge in [-0.2, -0.15) is 0 Å². The molecule has 1 unspecified atom stereocenters. The van der Waals surface area contributed by atoms with E-state index >= 15 is 0 Å². The van der Waals surface area contributed by atoms with E-state index < -0.39 is 0 Å². The van der Waals surface area contributed by atoms with Gasteiger partial charge in [0.05, 0.1) is 19.3 Å². The van der Waals surface area contributed by atoms with Crippen molar-refractivity contribution in [3.63, 3.8) is 0 Å². The third-order valence-electron chi connectivity index (χ3n) is 2.80. The summed E-state index contributed by atoms with van der Waals surface area (Å²) in [6.07, 6.45) is 0.0976. The molecular formula is C16H27NO2. The number of ether oxygens (including phenoxy) is 2. The molecule has 1 aromatic carbocycles. The van der Waals surface area contributed by atoms with Crippen molar-refractivity contribution in [2.75, 3.05) is 32.9 Å². The summed E-state index contributed by atoms with van der Waals surface area (Å²) in [6, 6.07) is 10.4. The molecule has 19 heavy (non-hydrogen) atoms. The second-order valence-corrected chi connectivity index (χ2v) is 5.02. The van der Waals surface area contributed by atoms with Gasteiger partial charge in [-0.25, -0.2) is 0 Å². The van der Waals surface area contributed by atoms with Gasteiger partial charge in [0.15, 0.2) is 0 Å². The fourth-order valence-corrected chi connectivity index (χ4v) is 1.84. The molecule has 0 aromatic heterocycles. The monoisotopic (exact) mass is 265 g/mol. The Labute approximate surface area is 117 Å². The molecule has 1 atom stereocenters. The topological polar surface area (TPSA) is 30.5 Å². The summed E-state index contributed by atoms with van der Waals surface area (Å²) in [6.45, 7) is 10.3. The minimum atomic E-state index is 0.0976. The number of hydrogen-bond acceptors (Lipinski definition) is 3. The van der Waals surface area contributed by atoms with E-state index in [0.29, 0.717) is 19.1 Å². The maximum absolute atomic E-state index is 5.92. The molecule has 0 aliphatic carbocycles. The van der Waals surface area contributed by atoms with E-state index in [1.807, 2.05) is 13.0 Å². The highest BCUT2D eigenvalue weighted by atomic mass is 16.5. The Morgan fingerprint density at radius 2 is 1.79 bits per heavy atom. The van der Waals surface area contributed by atoms with E-state index in [-0.39, 0.29) is 6.10 Å². The standard InChI is InChI=1S/C16H27NO2/c1-4-18-10-11-19-16(13-17-12-14(2)3)15-8-6-5-7-9-15/h5-9,14,16-17H,4,10-13H2,1-3H3. The average Bonchev–Trinajstić information content (AvgIpc) is 2.42. The van der Waals surface area contributed by atoms with Crippen LogP contribution in [0.25, 0.3) is 0 Å². The van der Waals surface area contributed by atoms with Gasteiger partial charge in [-0.05, 0) is 24.9 Å². The van der Waals surface area contributed by atoms with Gasteiger partial charge in [0.2, 0.25) is 0 Å². The zero-order valence-corrected chi connectivity index (χ0v) is 12.4. The predicted octanol–water partition coefficient (Wildman–Crippen LogP) is 3.03. The fourth-order valence-electron chi connectivity index (χ4n) is 1.84. The highest BCUT2D eigenvalue weighted by Crippen LogP contribution is 2.16. The van der Waals surface area contributed by atoms with Crippen molar-refractivity contribution >= 4 is 0 Å². The zero-order chi connectivity index (χ0) is 13.9. The van der Waals surface area contributed by atoms with E-state index in [4.69, 9.17) is 9.47 Å². The van der Waals surface area contributed by atoms with E-state index in [1.165, 1.54) is 5.56 Å². The Bertz CT molecular complexity index is 314. The number of benzene rings is 1. The van der Waals surface area contributed by atoms with E-state index in [1.54, 1.807) is 0 Å². The van der Waals surface area contributed by atoms with Crippen LogP contribution < -0.4 is 5.32 Å². The van der Waals surface area contributed by atoms with Crippen molar-refractivity contribution in [2.24, 2.45) is 5.92 Å². The van der Waals surface area contributed by atoms with Gasteiger partial charge in [0.1, 0.15) is 0 Å². The van der Waals surface area contributed by atoms with Crippen LogP contribution in [0, 0.1) is 5.92 Å². The molecule has 1 N–H and O–H groups in total. The fraction of sp³-hybridized carbons (Fsp3) is 0.625. The molecule has 3 heteroatoms. The molecule has 0 spiro atoms. The van der Waals surface area contributed by atoms with Gasteiger partial charge in [-0.15, -0.1) is 0 Å². The van der Waals surface area contributed by atoms with Crippen molar-refractivity contribution in [3.05, 3.63) is 35.9 Å². The average molecular weight is 265 g/mol. The van der Waals surface area contributed by atoms with Gasteiger partial charge in [-0.3, -0.25) is 0 Å². The van der Waals surface area contributed by atoms with Crippen LogP contribution in [0.5, 0.6) is 0 Å².